The maximum Gasteiger partial charge on any atom is 0.272 e. The molecule has 0 radical (unpaired) electrons. The zero-order valence-corrected chi connectivity index (χ0v) is 16.4. The van der Waals surface area contributed by atoms with Crippen LogP contribution in [0.15, 0.2) is 42.5 Å². The third-order valence-corrected chi connectivity index (χ3v) is 5.56. The van der Waals surface area contributed by atoms with Crippen LogP contribution in [0.2, 0.25) is 0 Å². The summed E-state index contributed by atoms with van der Waals surface area (Å²) in [5.41, 5.74) is 3.74. The van der Waals surface area contributed by atoms with Gasteiger partial charge in [0.15, 0.2) is 0 Å². The number of halogens is 1. The van der Waals surface area contributed by atoms with Gasteiger partial charge in [-0.3, -0.25) is 4.79 Å². The molecule has 6 heteroatoms. The van der Waals surface area contributed by atoms with Crippen molar-refractivity contribution in [2.24, 2.45) is 0 Å². The number of aromatic nitrogens is 1. The second-order valence-electron chi connectivity index (χ2n) is 7.69. The Labute approximate surface area is 164 Å². The highest BCUT2D eigenvalue weighted by molar-refractivity contribution is 6.06. The fourth-order valence-electron chi connectivity index (χ4n) is 3.82. The molecule has 28 heavy (non-hydrogen) atoms. The molecular formula is C22H25FN4O. The van der Waals surface area contributed by atoms with E-state index in [1.807, 2.05) is 25.1 Å². The summed E-state index contributed by atoms with van der Waals surface area (Å²) in [6.07, 6.45) is 1.13. The Hall–Kier alpha value is -2.86. The van der Waals surface area contributed by atoms with E-state index in [4.69, 9.17) is 0 Å². The van der Waals surface area contributed by atoms with Crippen molar-refractivity contribution >= 4 is 28.2 Å². The molecule has 1 aliphatic rings. The van der Waals surface area contributed by atoms with E-state index in [0.717, 1.165) is 36.4 Å². The molecule has 5 nitrogen and oxygen atoms in total. The number of nitrogens with one attached hydrogen (secondary N) is 2. The Kier molecular flexibility index (Phi) is 4.81. The van der Waals surface area contributed by atoms with Crippen molar-refractivity contribution < 1.29 is 9.18 Å². The van der Waals surface area contributed by atoms with Crippen molar-refractivity contribution in [3.05, 3.63) is 59.5 Å². The van der Waals surface area contributed by atoms with E-state index in [-0.39, 0.29) is 11.7 Å². The van der Waals surface area contributed by atoms with Gasteiger partial charge in [-0.25, -0.2) is 4.39 Å². The minimum absolute atomic E-state index is 0.278. The quantitative estimate of drug-likeness (QED) is 0.719. The lowest BCUT2D eigenvalue weighted by atomic mass is 10.1. The summed E-state index contributed by atoms with van der Waals surface area (Å²) in [7, 11) is 4.21. The molecule has 1 amide bonds. The van der Waals surface area contributed by atoms with Crippen LogP contribution < -0.4 is 10.2 Å². The Morgan fingerprint density at radius 1 is 1.25 bits per heavy atom. The maximum atomic E-state index is 14.0. The summed E-state index contributed by atoms with van der Waals surface area (Å²) in [5, 5.41) is 3.36. The number of fused-ring (bicyclic) bond motifs is 1. The van der Waals surface area contributed by atoms with Crippen LogP contribution in [-0.4, -0.2) is 49.0 Å². The topological polar surface area (TPSA) is 51.4 Å². The van der Waals surface area contributed by atoms with E-state index in [2.05, 4.69) is 40.3 Å². The van der Waals surface area contributed by atoms with Crippen LogP contribution in [0.1, 0.15) is 22.5 Å². The maximum absolute atomic E-state index is 14.0. The highest BCUT2D eigenvalue weighted by atomic mass is 19.1. The first kappa shape index (κ1) is 18.5. The van der Waals surface area contributed by atoms with Gasteiger partial charge in [0.2, 0.25) is 0 Å². The zero-order valence-electron chi connectivity index (χ0n) is 16.4. The van der Waals surface area contributed by atoms with Crippen molar-refractivity contribution in [1.29, 1.82) is 0 Å². The SMILES string of the molecule is Cc1ccc(F)c2cc(C(=O)Nc3cccc(N4CC[C@H](N(C)C)C4)c3)[nH]c12. The number of amides is 1. The number of carbonyl (C=O) groups is 1. The molecule has 4 rings (SSSR count). The lowest BCUT2D eigenvalue weighted by molar-refractivity contribution is 0.102. The number of hydrogen-bond acceptors (Lipinski definition) is 3. The molecule has 1 fully saturated rings. The van der Waals surface area contributed by atoms with E-state index < -0.39 is 0 Å². The molecule has 1 aliphatic heterocycles. The number of benzene rings is 2. The molecule has 0 aliphatic carbocycles. The third kappa shape index (κ3) is 3.47. The molecule has 1 atom stereocenters. The average Bonchev–Trinajstić information content (AvgIpc) is 3.33. The Bertz CT molecular complexity index is 988. The van der Waals surface area contributed by atoms with Gasteiger partial charge < -0.3 is 20.1 Å². The van der Waals surface area contributed by atoms with E-state index in [1.165, 1.54) is 6.07 Å². The number of aromatic amines is 1. The molecule has 2 N–H and O–H groups in total. The molecule has 3 aromatic rings. The monoisotopic (exact) mass is 380 g/mol. The van der Waals surface area contributed by atoms with Gasteiger partial charge in [0.25, 0.3) is 5.91 Å². The number of nitrogens with zero attached hydrogens (tertiary/aromatic N) is 2. The average molecular weight is 380 g/mol. The normalized spacial score (nSPS) is 16.9. The van der Waals surface area contributed by atoms with Crippen molar-refractivity contribution in [2.45, 2.75) is 19.4 Å². The number of carbonyl (C=O) groups excluding carboxylic acids is 1. The predicted octanol–water partition coefficient (Wildman–Crippen LogP) is 4.01. The van der Waals surface area contributed by atoms with Crippen molar-refractivity contribution in [3.8, 4) is 0 Å². The van der Waals surface area contributed by atoms with Crippen molar-refractivity contribution in [2.75, 3.05) is 37.4 Å². The van der Waals surface area contributed by atoms with Crippen LogP contribution >= 0.6 is 0 Å². The second-order valence-corrected chi connectivity index (χ2v) is 7.69. The van der Waals surface area contributed by atoms with Crippen LogP contribution in [0.4, 0.5) is 15.8 Å². The standard InChI is InChI=1S/C22H25FN4O/c1-14-7-8-19(23)18-12-20(25-21(14)18)22(28)24-15-5-4-6-16(11-15)27-10-9-17(13-27)26(2)3/h4-8,11-12,17,25H,9-10,13H2,1-3H3,(H,24,28)/t17-/m0/s1. The zero-order chi connectivity index (χ0) is 19.8. The fraction of sp³-hybridized carbons (Fsp3) is 0.318. The fourth-order valence-corrected chi connectivity index (χ4v) is 3.82. The minimum Gasteiger partial charge on any atom is -0.370 e. The molecule has 2 heterocycles. The second kappa shape index (κ2) is 7.28. The summed E-state index contributed by atoms with van der Waals surface area (Å²) in [5.74, 6) is -0.609. The van der Waals surface area contributed by atoms with Gasteiger partial charge >= 0.3 is 0 Å². The number of likely N-dealkylation sites (N-methyl/N-ethyl adjacent to an activating group) is 1. The van der Waals surface area contributed by atoms with Crippen molar-refractivity contribution in [1.82, 2.24) is 9.88 Å². The van der Waals surface area contributed by atoms with Crippen LogP contribution in [0, 0.1) is 12.7 Å². The van der Waals surface area contributed by atoms with E-state index in [1.54, 1.807) is 12.1 Å². The number of hydrogen-bond donors (Lipinski definition) is 2. The van der Waals surface area contributed by atoms with E-state index in [9.17, 15) is 9.18 Å². The van der Waals surface area contributed by atoms with Crippen LogP contribution in [0.25, 0.3) is 10.9 Å². The molecule has 0 saturated carbocycles. The van der Waals surface area contributed by atoms with Crippen LogP contribution in [0.3, 0.4) is 0 Å². The molecule has 0 spiro atoms. The molecule has 1 aromatic heterocycles. The van der Waals surface area contributed by atoms with Gasteiger partial charge in [-0.2, -0.15) is 0 Å². The van der Waals surface area contributed by atoms with Gasteiger partial charge in [0, 0.05) is 35.9 Å². The lowest BCUT2D eigenvalue weighted by Crippen LogP contribution is -2.31. The third-order valence-electron chi connectivity index (χ3n) is 5.56. The van der Waals surface area contributed by atoms with E-state index >= 15 is 0 Å². The molecular weight excluding hydrogens is 355 g/mol. The first-order valence-electron chi connectivity index (χ1n) is 9.53. The van der Waals surface area contributed by atoms with Gasteiger partial charge in [-0.15, -0.1) is 0 Å². The summed E-state index contributed by atoms with van der Waals surface area (Å²) >= 11 is 0. The summed E-state index contributed by atoms with van der Waals surface area (Å²) in [4.78, 5) is 20.3. The highest BCUT2D eigenvalue weighted by Gasteiger charge is 2.24. The van der Waals surface area contributed by atoms with Gasteiger partial charge in [0.05, 0.1) is 5.52 Å². The number of anilines is 2. The van der Waals surface area contributed by atoms with Crippen LogP contribution in [-0.2, 0) is 0 Å². The van der Waals surface area contributed by atoms with Gasteiger partial charge in [-0.05, 0) is 63.3 Å². The first-order chi connectivity index (χ1) is 13.4. The molecule has 146 valence electrons. The Morgan fingerprint density at radius 2 is 2.07 bits per heavy atom. The highest BCUT2D eigenvalue weighted by Crippen LogP contribution is 2.26. The predicted molar refractivity (Wildman–Crippen MR) is 112 cm³/mol. The summed E-state index contributed by atoms with van der Waals surface area (Å²) in [6, 6.07) is 13.1. The van der Waals surface area contributed by atoms with Gasteiger partial charge in [0.1, 0.15) is 11.5 Å². The Morgan fingerprint density at radius 3 is 2.79 bits per heavy atom. The molecule has 0 unspecified atom stereocenters. The molecule has 1 saturated heterocycles. The number of aryl methyl sites for hydroxylation is 1. The number of rotatable bonds is 4. The number of H-pyrrole nitrogens is 1. The molecule has 2 aromatic carbocycles. The van der Waals surface area contributed by atoms with E-state index in [0.29, 0.717) is 22.6 Å². The van der Waals surface area contributed by atoms with Crippen molar-refractivity contribution in [3.63, 3.8) is 0 Å². The summed E-state index contributed by atoms with van der Waals surface area (Å²) < 4.78 is 14.0. The molecule has 0 bridgehead atoms. The lowest BCUT2D eigenvalue weighted by Gasteiger charge is -2.22. The Balaban J connectivity index is 1.53. The minimum atomic E-state index is -0.331. The van der Waals surface area contributed by atoms with Crippen LogP contribution in [0.5, 0.6) is 0 Å². The first-order valence-corrected chi connectivity index (χ1v) is 9.53. The smallest absolute Gasteiger partial charge is 0.272 e. The summed E-state index contributed by atoms with van der Waals surface area (Å²) in [6.45, 7) is 3.87. The van der Waals surface area contributed by atoms with Gasteiger partial charge in [-0.1, -0.05) is 12.1 Å². The largest absolute Gasteiger partial charge is 0.370 e.